The van der Waals surface area contributed by atoms with Crippen molar-refractivity contribution in [2.24, 2.45) is 0 Å². The summed E-state index contributed by atoms with van der Waals surface area (Å²) in [4.78, 5) is 15.0. The van der Waals surface area contributed by atoms with Gasteiger partial charge in [0.2, 0.25) is 0 Å². The van der Waals surface area contributed by atoms with Crippen LogP contribution in [0.25, 0.3) is 0 Å². The number of piperidine rings is 1. The molecule has 0 spiro atoms. The van der Waals surface area contributed by atoms with Crippen LogP contribution in [0.4, 0.5) is 0 Å². The lowest BCUT2D eigenvalue weighted by molar-refractivity contribution is 0.0944. The summed E-state index contributed by atoms with van der Waals surface area (Å²) in [7, 11) is 0. The maximum absolute atomic E-state index is 12.6. The number of amides is 1. The molecule has 2 aliphatic rings. The normalized spacial score (nSPS) is 20.7. The molecule has 1 aromatic heterocycles. The molecule has 2 saturated heterocycles. The van der Waals surface area contributed by atoms with Gasteiger partial charge in [-0.3, -0.25) is 14.4 Å². The van der Waals surface area contributed by atoms with E-state index in [1.54, 1.807) is 0 Å². The highest BCUT2D eigenvalue weighted by Gasteiger charge is 2.18. The molecule has 2 aromatic rings. The van der Waals surface area contributed by atoms with E-state index in [1.165, 1.54) is 37.1 Å². The number of carbonyl (C=O) groups excluding carboxylic acids is 1. The molecule has 0 bridgehead atoms. The van der Waals surface area contributed by atoms with Crippen LogP contribution in [0.5, 0.6) is 0 Å². The molecule has 6 heteroatoms. The first kappa shape index (κ1) is 18.2. The predicted octanol–water partition coefficient (Wildman–Crippen LogP) is 2.33. The number of rotatable bonds is 6. The second-order valence-corrected chi connectivity index (χ2v) is 7.62. The highest BCUT2D eigenvalue weighted by atomic mass is 16.1. The Morgan fingerprint density at radius 1 is 1.15 bits per heavy atom. The minimum atomic E-state index is -0.103. The second-order valence-electron chi connectivity index (χ2n) is 7.62. The zero-order chi connectivity index (χ0) is 18.5. The Labute approximate surface area is 160 Å². The standard InChI is InChI=1S/C21H29N5O/c27-21(20-9-13-26(24-20)19-8-5-10-22-15-19)23-14-17-6-1-2-7-18(17)16-25-11-3-4-12-25/h1-2,6-7,9,13,19,22H,3-5,8,10-12,14-16H2,(H,23,27). The number of likely N-dealkylation sites (tertiary alicyclic amines) is 1. The fraction of sp³-hybridized carbons (Fsp3) is 0.524. The van der Waals surface area contributed by atoms with Gasteiger partial charge in [-0.2, -0.15) is 5.10 Å². The Hall–Kier alpha value is -2.18. The van der Waals surface area contributed by atoms with Gasteiger partial charge in [0.15, 0.2) is 0 Å². The lowest BCUT2D eigenvalue weighted by Crippen LogP contribution is -2.32. The van der Waals surface area contributed by atoms with Crippen LogP contribution >= 0.6 is 0 Å². The number of nitrogens with one attached hydrogen (secondary N) is 2. The minimum absolute atomic E-state index is 0.103. The van der Waals surface area contributed by atoms with Gasteiger partial charge in [0.1, 0.15) is 5.69 Å². The maximum atomic E-state index is 12.6. The Morgan fingerprint density at radius 3 is 2.74 bits per heavy atom. The highest BCUT2D eigenvalue weighted by Crippen LogP contribution is 2.17. The molecule has 4 rings (SSSR count). The van der Waals surface area contributed by atoms with Crippen molar-refractivity contribution in [1.29, 1.82) is 0 Å². The van der Waals surface area contributed by atoms with E-state index in [-0.39, 0.29) is 5.91 Å². The largest absolute Gasteiger partial charge is 0.347 e. The van der Waals surface area contributed by atoms with Crippen molar-refractivity contribution in [2.45, 2.75) is 44.8 Å². The number of hydrogen-bond acceptors (Lipinski definition) is 4. The van der Waals surface area contributed by atoms with Crippen LogP contribution < -0.4 is 10.6 Å². The molecule has 0 aliphatic carbocycles. The summed E-state index contributed by atoms with van der Waals surface area (Å²) in [5, 5.41) is 10.9. The highest BCUT2D eigenvalue weighted by molar-refractivity contribution is 5.92. The van der Waals surface area contributed by atoms with Gasteiger partial charge in [-0.1, -0.05) is 24.3 Å². The van der Waals surface area contributed by atoms with E-state index in [4.69, 9.17) is 0 Å². The monoisotopic (exact) mass is 367 g/mol. The van der Waals surface area contributed by atoms with E-state index in [9.17, 15) is 4.79 Å². The molecule has 144 valence electrons. The third-order valence-electron chi connectivity index (χ3n) is 5.64. The summed E-state index contributed by atoms with van der Waals surface area (Å²) in [6.07, 6.45) is 6.77. The predicted molar refractivity (Wildman–Crippen MR) is 105 cm³/mol. The Morgan fingerprint density at radius 2 is 1.96 bits per heavy atom. The topological polar surface area (TPSA) is 62.2 Å². The molecule has 0 saturated carbocycles. The third kappa shape index (κ3) is 4.57. The molecule has 6 nitrogen and oxygen atoms in total. The van der Waals surface area contributed by atoms with E-state index in [2.05, 4.69) is 38.8 Å². The van der Waals surface area contributed by atoms with E-state index < -0.39 is 0 Å². The van der Waals surface area contributed by atoms with Gasteiger partial charge < -0.3 is 10.6 Å². The average Bonchev–Trinajstić information content (AvgIpc) is 3.40. The smallest absolute Gasteiger partial charge is 0.272 e. The van der Waals surface area contributed by atoms with Crippen LogP contribution in [-0.2, 0) is 13.1 Å². The van der Waals surface area contributed by atoms with E-state index in [0.717, 1.165) is 32.5 Å². The van der Waals surface area contributed by atoms with Crippen LogP contribution in [0, 0.1) is 0 Å². The van der Waals surface area contributed by atoms with Gasteiger partial charge >= 0.3 is 0 Å². The summed E-state index contributed by atoms with van der Waals surface area (Å²) < 4.78 is 1.93. The number of aromatic nitrogens is 2. The van der Waals surface area contributed by atoms with Crippen LogP contribution in [0.2, 0.25) is 0 Å². The molecule has 2 aliphatic heterocycles. The van der Waals surface area contributed by atoms with Crippen molar-refractivity contribution in [3.05, 3.63) is 53.3 Å². The molecule has 2 fully saturated rings. The van der Waals surface area contributed by atoms with Crippen LogP contribution in [0.15, 0.2) is 36.5 Å². The van der Waals surface area contributed by atoms with E-state index >= 15 is 0 Å². The average molecular weight is 367 g/mol. The molecule has 1 atom stereocenters. The lowest BCUT2D eigenvalue weighted by Gasteiger charge is -2.22. The lowest BCUT2D eigenvalue weighted by atomic mass is 10.1. The van der Waals surface area contributed by atoms with Crippen molar-refractivity contribution in [2.75, 3.05) is 26.2 Å². The van der Waals surface area contributed by atoms with Gasteiger partial charge in [0, 0.05) is 25.8 Å². The van der Waals surface area contributed by atoms with Crippen molar-refractivity contribution < 1.29 is 4.79 Å². The molecular weight excluding hydrogens is 338 g/mol. The number of hydrogen-bond donors (Lipinski definition) is 2. The first-order valence-corrected chi connectivity index (χ1v) is 10.1. The summed E-state index contributed by atoms with van der Waals surface area (Å²) in [5.41, 5.74) is 2.99. The van der Waals surface area contributed by atoms with Crippen molar-refractivity contribution >= 4 is 5.91 Å². The zero-order valence-electron chi connectivity index (χ0n) is 15.9. The summed E-state index contributed by atoms with van der Waals surface area (Å²) in [5.74, 6) is -0.103. The first-order valence-electron chi connectivity index (χ1n) is 10.1. The second kappa shape index (κ2) is 8.67. The quantitative estimate of drug-likeness (QED) is 0.823. The molecule has 1 unspecified atom stereocenters. The Balaban J connectivity index is 1.36. The Bertz CT molecular complexity index is 759. The molecule has 27 heavy (non-hydrogen) atoms. The van der Waals surface area contributed by atoms with Crippen LogP contribution in [0.3, 0.4) is 0 Å². The van der Waals surface area contributed by atoms with Crippen LogP contribution in [-0.4, -0.2) is 46.8 Å². The van der Waals surface area contributed by atoms with Gasteiger partial charge in [0.05, 0.1) is 6.04 Å². The fourth-order valence-electron chi connectivity index (χ4n) is 4.05. The molecule has 2 N–H and O–H groups in total. The summed E-state index contributed by atoms with van der Waals surface area (Å²) in [6, 6.07) is 10.6. The van der Waals surface area contributed by atoms with Crippen molar-refractivity contribution in [3.8, 4) is 0 Å². The van der Waals surface area contributed by atoms with Gasteiger partial charge in [-0.05, 0) is 62.5 Å². The summed E-state index contributed by atoms with van der Waals surface area (Å²) in [6.45, 7) is 5.85. The molecular formula is C21H29N5O. The van der Waals surface area contributed by atoms with Crippen molar-refractivity contribution in [3.63, 3.8) is 0 Å². The number of carbonyl (C=O) groups is 1. The minimum Gasteiger partial charge on any atom is -0.347 e. The SMILES string of the molecule is O=C(NCc1ccccc1CN1CCCC1)c1ccn(C2CCCNC2)n1. The number of nitrogens with zero attached hydrogens (tertiary/aromatic N) is 3. The van der Waals surface area contributed by atoms with Gasteiger partial charge in [0.25, 0.3) is 5.91 Å². The zero-order valence-corrected chi connectivity index (χ0v) is 15.9. The molecule has 3 heterocycles. The molecule has 0 radical (unpaired) electrons. The third-order valence-corrected chi connectivity index (χ3v) is 5.64. The van der Waals surface area contributed by atoms with Gasteiger partial charge in [-0.25, -0.2) is 0 Å². The van der Waals surface area contributed by atoms with Crippen molar-refractivity contribution in [1.82, 2.24) is 25.3 Å². The number of benzene rings is 1. The summed E-state index contributed by atoms with van der Waals surface area (Å²) >= 11 is 0. The maximum Gasteiger partial charge on any atom is 0.272 e. The molecule has 1 amide bonds. The Kier molecular flexibility index (Phi) is 5.84. The van der Waals surface area contributed by atoms with Gasteiger partial charge in [-0.15, -0.1) is 0 Å². The molecule has 1 aromatic carbocycles. The van der Waals surface area contributed by atoms with Crippen LogP contribution in [0.1, 0.15) is 53.3 Å². The van der Waals surface area contributed by atoms with E-state index in [1.807, 2.05) is 23.0 Å². The fourth-order valence-corrected chi connectivity index (χ4v) is 4.05. The first-order chi connectivity index (χ1) is 13.3. The van der Waals surface area contributed by atoms with E-state index in [0.29, 0.717) is 18.3 Å².